The lowest BCUT2D eigenvalue weighted by Gasteiger charge is -2.32. The molecule has 1 heterocycles. The largest absolute Gasteiger partial charge is 0.495 e. The molecule has 1 aromatic carbocycles. The summed E-state index contributed by atoms with van der Waals surface area (Å²) < 4.78 is 5.45. The number of ether oxygens (including phenoxy) is 1. The fourth-order valence-electron chi connectivity index (χ4n) is 2.84. The van der Waals surface area contributed by atoms with Crippen LogP contribution < -0.4 is 15.4 Å². The van der Waals surface area contributed by atoms with Crippen LogP contribution in [0.3, 0.4) is 0 Å². The van der Waals surface area contributed by atoms with E-state index in [2.05, 4.69) is 23.7 Å². The van der Waals surface area contributed by atoms with Crippen molar-refractivity contribution >= 4 is 11.6 Å². The van der Waals surface area contributed by atoms with Crippen LogP contribution in [0.2, 0.25) is 0 Å². The lowest BCUT2D eigenvalue weighted by Crippen LogP contribution is -2.44. The van der Waals surface area contributed by atoms with Gasteiger partial charge < -0.3 is 15.4 Å². The van der Waals surface area contributed by atoms with Gasteiger partial charge in [0.1, 0.15) is 5.75 Å². The molecule has 0 aliphatic carbocycles. The number of hydrogen-bond donors (Lipinski definition) is 1. The van der Waals surface area contributed by atoms with E-state index in [1.165, 1.54) is 0 Å². The quantitative estimate of drug-likeness (QED) is 0.886. The van der Waals surface area contributed by atoms with Gasteiger partial charge in [0.2, 0.25) is 0 Å². The second kappa shape index (κ2) is 5.95. The summed E-state index contributed by atoms with van der Waals surface area (Å²) in [5.41, 5.74) is 7.11. The molecule has 1 unspecified atom stereocenters. The second-order valence-corrected chi connectivity index (χ2v) is 4.88. The zero-order chi connectivity index (χ0) is 13.8. The van der Waals surface area contributed by atoms with Crippen molar-refractivity contribution in [1.29, 1.82) is 0 Å². The summed E-state index contributed by atoms with van der Waals surface area (Å²) >= 11 is 0. The van der Waals surface area contributed by atoms with Crippen molar-refractivity contribution in [2.45, 2.75) is 32.7 Å². The molecule has 104 valence electrons. The molecule has 0 fully saturated rings. The predicted octanol–water partition coefficient (Wildman–Crippen LogP) is 2.63. The Balaban J connectivity index is 2.36. The Morgan fingerprint density at radius 1 is 1.37 bits per heavy atom. The first-order valence-electron chi connectivity index (χ1n) is 6.95. The summed E-state index contributed by atoms with van der Waals surface area (Å²) in [5, 5.41) is 0. The number of nitrogens with two attached hydrogens (primary N) is 1. The fourth-order valence-corrected chi connectivity index (χ4v) is 2.84. The lowest BCUT2D eigenvalue weighted by molar-refractivity contribution is 0.397. The number of nitrogens with zero attached hydrogens (tertiary/aromatic N) is 2. The number of rotatable bonds is 5. The Morgan fingerprint density at radius 2 is 2.05 bits per heavy atom. The van der Waals surface area contributed by atoms with Crippen LogP contribution in [-0.4, -0.2) is 25.7 Å². The smallest absolute Gasteiger partial charge is 0.196 e. The Morgan fingerprint density at radius 3 is 2.68 bits per heavy atom. The molecule has 0 amide bonds. The highest BCUT2D eigenvalue weighted by Crippen LogP contribution is 2.34. The molecule has 1 atom stereocenters. The van der Waals surface area contributed by atoms with E-state index in [4.69, 9.17) is 10.5 Å². The summed E-state index contributed by atoms with van der Waals surface area (Å²) in [5.74, 6) is 2.04. The number of guanidine groups is 1. The molecule has 1 aliphatic heterocycles. The van der Waals surface area contributed by atoms with E-state index in [0.29, 0.717) is 17.9 Å². The number of hydrogen-bond acceptors (Lipinski definition) is 4. The van der Waals surface area contributed by atoms with Gasteiger partial charge in [-0.2, -0.15) is 0 Å². The molecule has 4 nitrogen and oxygen atoms in total. The van der Waals surface area contributed by atoms with Crippen LogP contribution in [0.25, 0.3) is 0 Å². The Bertz CT molecular complexity index is 454. The molecule has 0 radical (unpaired) electrons. The molecule has 0 saturated heterocycles. The second-order valence-electron chi connectivity index (χ2n) is 4.88. The average molecular weight is 261 g/mol. The molecule has 19 heavy (non-hydrogen) atoms. The summed E-state index contributed by atoms with van der Waals surface area (Å²) in [6.07, 6.45) is 2.27. The topological polar surface area (TPSA) is 50.8 Å². The zero-order valence-corrected chi connectivity index (χ0v) is 12.0. The maximum atomic E-state index is 6.09. The van der Waals surface area contributed by atoms with Crippen molar-refractivity contribution in [2.75, 3.05) is 18.6 Å². The zero-order valence-electron chi connectivity index (χ0n) is 12.0. The van der Waals surface area contributed by atoms with Gasteiger partial charge in [-0.3, -0.25) is 4.99 Å². The van der Waals surface area contributed by atoms with Gasteiger partial charge in [-0.05, 0) is 18.1 Å². The van der Waals surface area contributed by atoms with E-state index < -0.39 is 0 Å². The van der Waals surface area contributed by atoms with Crippen molar-refractivity contribution in [2.24, 2.45) is 16.6 Å². The number of para-hydroxylation sites is 2. The van der Waals surface area contributed by atoms with Crippen LogP contribution in [-0.2, 0) is 0 Å². The Labute approximate surface area is 115 Å². The fraction of sp³-hybridized carbons (Fsp3) is 0.533. The van der Waals surface area contributed by atoms with Gasteiger partial charge in [-0.15, -0.1) is 0 Å². The summed E-state index contributed by atoms with van der Waals surface area (Å²) in [4.78, 5) is 6.57. The number of methoxy groups -OCH3 is 1. The van der Waals surface area contributed by atoms with Gasteiger partial charge in [0.25, 0.3) is 0 Å². The van der Waals surface area contributed by atoms with Crippen LogP contribution in [0.4, 0.5) is 5.69 Å². The molecule has 0 saturated carbocycles. The first-order valence-corrected chi connectivity index (χ1v) is 6.95. The molecular formula is C15H23N3O. The third-order valence-corrected chi connectivity index (χ3v) is 3.96. The summed E-state index contributed by atoms with van der Waals surface area (Å²) in [6, 6.07) is 8.32. The molecule has 0 spiro atoms. The highest BCUT2D eigenvalue weighted by Gasteiger charge is 2.33. The van der Waals surface area contributed by atoms with E-state index in [-0.39, 0.29) is 0 Å². The Hall–Kier alpha value is -1.71. The van der Waals surface area contributed by atoms with Crippen LogP contribution >= 0.6 is 0 Å². The molecule has 2 rings (SSSR count). The van der Waals surface area contributed by atoms with Gasteiger partial charge >= 0.3 is 0 Å². The lowest BCUT2D eigenvalue weighted by atomic mass is 9.93. The van der Waals surface area contributed by atoms with Crippen LogP contribution in [0.1, 0.15) is 26.7 Å². The maximum Gasteiger partial charge on any atom is 0.196 e. The van der Waals surface area contributed by atoms with E-state index >= 15 is 0 Å². The summed E-state index contributed by atoms with van der Waals surface area (Å²) in [6.45, 7) is 5.22. The van der Waals surface area contributed by atoms with Crippen LogP contribution in [0, 0.1) is 5.92 Å². The third kappa shape index (κ3) is 2.53. The number of aliphatic imine (C=N–C) groups is 1. The predicted molar refractivity (Wildman–Crippen MR) is 79.8 cm³/mol. The van der Waals surface area contributed by atoms with Crippen molar-refractivity contribution in [3.8, 4) is 5.75 Å². The Kier molecular flexibility index (Phi) is 4.30. The monoisotopic (exact) mass is 261 g/mol. The van der Waals surface area contributed by atoms with Gasteiger partial charge in [0.05, 0.1) is 25.4 Å². The van der Waals surface area contributed by atoms with Crippen LogP contribution in [0.15, 0.2) is 29.3 Å². The van der Waals surface area contributed by atoms with Gasteiger partial charge in [-0.1, -0.05) is 38.8 Å². The molecule has 1 aromatic rings. The highest BCUT2D eigenvalue weighted by atomic mass is 16.5. The van der Waals surface area contributed by atoms with Gasteiger partial charge in [0, 0.05) is 0 Å². The van der Waals surface area contributed by atoms with Crippen molar-refractivity contribution in [3.05, 3.63) is 24.3 Å². The highest BCUT2D eigenvalue weighted by molar-refractivity contribution is 5.98. The van der Waals surface area contributed by atoms with E-state index in [1.54, 1.807) is 7.11 Å². The minimum absolute atomic E-state index is 0.339. The van der Waals surface area contributed by atoms with E-state index in [9.17, 15) is 0 Å². The van der Waals surface area contributed by atoms with Crippen LogP contribution in [0.5, 0.6) is 5.75 Å². The molecule has 4 heteroatoms. The molecule has 0 aromatic heterocycles. The summed E-state index contributed by atoms with van der Waals surface area (Å²) in [7, 11) is 1.69. The SMILES string of the molecule is CCC(CC)C1CN=C(N)N1c1ccccc1OC. The minimum atomic E-state index is 0.339. The standard InChI is InChI=1S/C15H23N3O/c1-4-11(5-2)13-10-17-15(16)18(13)12-8-6-7-9-14(12)19-3/h6-9,11,13H,4-5,10H2,1-3H3,(H2,16,17). The third-order valence-electron chi connectivity index (χ3n) is 3.96. The normalized spacial score (nSPS) is 18.8. The molecule has 2 N–H and O–H groups in total. The number of benzene rings is 1. The minimum Gasteiger partial charge on any atom is -0.495 e. The van der Waals surface area contributed by atoms with Gasteiger partial charge in [0.15, 0.2) is 5.96 Å². The van der Waals surface area contributed by atoms with Gasteiger partial charge in [-0.25, -0.2) is 0 Å². The van der Waals surface area contributed by atoms with E-state index in [0.717, 1.165) is 30.8 Å². The molecule has 1 aliphatic rings. The maximum absolute atomic E-state index is 6.09. The number of anilines is 1. The van der Waals surface area contributed by atoms with Crippen molar-refractivity contribution in [1.82, 2.24) is 0 Å². The van der Waals surface area contributed by atoms with Crippen molar-refractivity contribution in [3.63, 3.8) is 0 Å². The van der Waals surface area contributed by atoms with Crippen molar-refractivity contribution < 1.29 is 4.74 Å². The average Bonchev–Trinajstić information content (AvgIpc) is 2.82. The molecule has 0 bridgehead atoms. The first kappa shape index (κ1) is 13.7. The first-order chi connectivity index (χ1) is 9.22. The molecular weight excluding hydrogens is 238 g/mol. The van der Waals surface area contributed by atoms with E-state index in [1.807, 2.05) is 24.3 Å².